The molecule has 66 valence electrons. The van der Waals surface area contributed by atoms with Gasteiger partial charge in [0.1, 0.15) is 0 Å². The van der Waals surface area contributed by atoms with Crippen molar-refractivity contribution in [1.29, 1.82) is 0 Å². The van der Waals surface area contributed by atoms with Crippen LogP contribution >= 0.6 is 11.8 Å². The first-order chi connectivity index (χ1) is 5.33. The van der Waals surface area contributed by atoms with E-state index in [4.69, 9.17) is 10.8 Å². The average molecular weight is 175 g/mol. The molecule has 0 saturated carbocycles. The van der Waals surface area contributed by atoms with E-state index < -0.39 is 0 Å². The summed E-state index contributed by atoms with van der Waals surface area (Å²) in [6, 6.07) is 0.0168. The molecule has 3 N–H and O–H groups in total. The molecule has 1 unspecified atom stereocenters. The fourth-order valence-electron chi connectivity index (χ4n) is 1.48. The normalized spacial score (nSPS) is 23.5. The highest BCUT2D eigenvalue weighted by Gasteiger charge is 2.15. The van der Waals surface area contributed by atoms with Gasteiger partial charge in [-0.15, -0.1) is 0 Å². The largest absolute Gasteiger partial charge is 0.395 e. The van der Waals surface area contributed by atoms with Gasteiger partial charge >= 0.3 is 0 Å². The van der Waals surface area contributed by atoms with Crippen molar-refractivity contribution in [2.45, 2.75) is 25.3 Å². The van der Waals surface area contributed by atoms with Gasteiger partial charge in [-0.25, -0.2) is 0 Å². The lowest BCUT2D eigenvalue weighted by molar-refractivity contribution is 0.241. The van der Waals surface area contributed by atoms with Crippen molar-refractivity contribution in [3.63, 3.8) is 0 Å². The molecule has 0 aromatic heterocycles. The zero-order valence-electron chi connectivity index (χ0n) is 6.83. The van der Waals surface area contributed by atoms with Crippen LogP contribution in [-0.4, -0.2) is 29.3 Å². The van der Waals surface area contributed by atoms with Crippen molar-refractivity contribution in [2.24, 2.45) is 11.7 Å². The van der Waals surface area contributed by atoms with Crippen LogP contribution in [0.1, 0.15) is 19.3 Å². The van der Waals surface area contributed by atoms with Crippen molar-refractivity contribution in [3.8, 4) is 0 Å². The van der Waals surface area contributed by atoms with E-state index in [9.17, 15) is 0 Å². The van der Waals surface area contributed by atoms with Crippen LogP contribution in [-0.2, 0) is 0 Å². The lowest BCUT2D eigenvalue weighted by Crippen LogP contribution is -2.28. The van der Waals surface area contributed by atoms with Crippen LogP contribution < -0.4 is 5.73 Å². The molecule has 0 bridgehead atoms. The molecule has 0 amide bonds. The van der Waals surface area contributed by atoms with Gasteiger partial charge in [0.2, 0.25) is 0 Å². The Labute approximate surface area is 72.5 Å². The van der Waals surface area contributed by atoms with Crippen molar-refractivity contribution >= 4 is 11.8 Å². The third-order valence-electron chi connectivity index (χ3n) is 2.21. The van der Waals surface area contributed by atoms with Crippen LogP contribution in [0.25, 0.3) is 0 Å². The number of thioether (sulfide) groups is 1. The lowest BCUT2D eigenvalue weighted by Gasteiger charge is -2.23. The zero-order chi connectivity index (χ0) is 8.10. The highest BCUT2D eigenvalue weighted by atomic mass is 32.2. The topological polar surface area (TPSA) is 46.2 Å². The minimum atomic E-state index is 0.0168. The predicted octanol–water partition coefficient (Wildman–Crippen LogP) is 0.839. The Kier molecular flexibility index (Phi) is 4.26. The van der Waals surface area contributed by atoms with Crippen molar-refractivity contribution in [3.05, 3.63) is 0 Å². The number of rotatable bonds is 3. The summed E-state index contributed by atoms with van der Waals surface area (Å²) in [6.07, 6.45) is 3.59. The molecule has 3 heteroatoms. The standard InChI is InChI=1S/C8H17NOS/c9-8(6-10)5-7-1-3-11-4-2-7/h7-8,10H,1-6,9H2. The maximum Gasteiger partial charge on any atom is 0.0582 e. The molecule has 1 atom stereocenters. The molecule has 1 saturated heterocycles. The molecule has 11 heavy (non-hydrogen) atoms. The number of hydrogen-bond donors (Lipinski definition) is 2. The Balaban J connectivity index is 2.13. The van der Waals surface area contributed by atoms with E-state index in [2.05, 4.69) is 0 Å². The predicted molar refractivity (Wildman–Crippen MR) is 49.7 cm³/mol. The highest BCUT2D eigenvalue weighted by Crippen LogP contribution is 2.25. The van der Waals surface area contributed by atoms with E-state index >= 15 is 0 Å². The van der Waals surface area contributed by atoms with Crippen LogP contribution in [0.5, 0.6) is 0 Å². The summed E-state index contributed by atoms with van der Waals surface area (Å²) in [5, 5.41) is 8.74. The molecule has 1 heterocycles. The zero-order valence-corrected chi connectivity index (χ0v) is 7.65. The van der Waals surface area contributed by atoms with Crippen LogP contribution in [0.4, 0.5) is 0 Å². The van der Waals surface area contributed by atoms with E-state index in [1.807, 2.05) is 11.8 Å². The minimum absolute atomic E-state index is 0.0168. The molecular weight excluding hydrogens is 158 g/mol. The first-order valence-corrected chi connectivity index (χ1v) is 5.42. The molecule has 0 radical (unpaired) electrons. The monoisotopic (exact) mass is 175 g/mol. The highest BCUT2D eigenvalue weighted by molar-refractivity contribution is 7.99. The maximum absolute atomic E-state index is 8.74. The van der Waals surface area contributed by atoms with Crippen LogP contribution in [0.2, 0.25) is 0 Å². The number of hydrogen-bond acceptors (Lipinski definition) is 3. The van der Waals surface area contributed by atoms with Crippen molar-refractivity contribution in [2.75, 3.05) is 18.1 Å². The minimum Gasteiger partial charge on any atom is -0.395 e. The summed E-state index contributed by atoms with van der Waals surface area (Å²) in [6.45, 7) is 0.143. The molecule has 1 aliphatic heterocycles. The number of nitrogens with two attached hydrogens (primary N) is 1. The van der Waals surface area contributed by atoms with Gasteiger partial charge in [-0.05, 0) is 36.7 Å². The summed E-state index contributed by atoms with van der Waals surface area (Å²) >= 11 is 2.03. The average Bonchev–Trinajstić information content (AvgIpc) is 2.06. The molecular formula is C8H17NOS. The Morgan fingerprint density at radius 1 is 1.45 bits per heavy atom. The molecule has 2 nitrogen and oxygen atoms in total. The van der Waals surface area contributed by atoms with Crippen molar-refractivity contribution < 1.29 is 5.11 Å². The molecule has 0 aromatic carbocycles. The van der Waals surface area contributed by atoms with Crippen molar-refractivity contribution in [1.82, 2.24) is 0 Å². The number of aliphatic hydroxyl groups is 1. The smallest absolute Gasteiger partial charge is 0.0582 e. The molecule has 1 aliphatic rings. The maximum atomic E-state index is 8.74. The lowest BCUT2D eigenvalue weighted by atomic mass is 9.95. The van der Waals surface area contributed by atoms with E-state index in [-0.39, 0.29) is 12.6 Å². The fourth-order valence-corrected chi connectivity index (χ4v) is 2.69. The van der Waals surface area contributed by atoms with E-state index in [1.165, 1.54) is 24.3 Å². The van der Waals surface area contributed by atoms with Gasteiger partial charge in [-0.2, -0.15) is 11.8 Å². The molecule has 1 rings (SSSR count). The third-order valence-corrected chi connectivity index (χ3v) is 3.26. The summed E-state index contributed by atoms with van der Waals surface area (Å²) in [5.74, 6) is 3.34. The van der Waals surface area contributed by atoms with Gasteiger partial charge in [0, 0.05) is 6.04 Å². The first-order valence-electron chi connectivity index (χ1n) is 4.27. The van der Waals surface area contributed by atoms with Gasteiger partial charge in [0.05, 0.1) is 6.61 Å². The van der Waals surface area contributed by atoms with E-state index in [0.717, 1.165) is 12.3 Å². The van der Waals surface area contributed by atoms with Gasteiger partial charge in [0.25, 0.3) is 0 Å². The quantitative estimate of drug-likeness (QED) is 0.668. The van der Waals surface area contributed by atoms with Crippen LogP contribution in [0.15, 0.2) is 0 Å². The van der Waals surface area contributed by atoms with Gasteiger partial charge in [0.15, 0.2) is 0 Å². The van der Waals surface area contributed by atoms with E-state index in [0.29, 0.717) is 0 Å². The Morgan fingerprint density at radius 3 is 2.64 bits per heavy atom. The SMILES string of the molecule is NC(CO)CC1CCSCC1. The first kappa shape index (κ1) is 9.36. The second kappa shape index (κ2) is 5.01. The van der Waals surface area contributed by atoms with Gasteiger partial charge in [-0.1, -0.05) is 0 Å². The third kappa shape index (κ3) is 3.45. The molecule has 1 fully saturated rings. The van der Waals surface area contributed by atoms with E-state index in [1.54, 1.807) is 0 Å². The Bertz CT molecular complexity index is 104. The van der Waals surface area contributed by atoms with Crippen LogP contribution in [0, 0.1) is 5.92 Å². The molecule has 0 aliphatic carbocycles. The fraction of sp³-hybridized carbons (Fsp3) is 1.00. The number of aliphatic hydroxyl groups excluding tert-OH is 1. The molecule has 0 aromatic rings. The summed E-state index contributed by atoms with van der Waals surface area (Å²) < 4.78 is 0. The second-order valence-corrected chi connectivity index (χ2v) is 4.46. The van der Waals surface area contributed by atoms with Gasteiger partial charge < -0.3 is 10.8 Å². The Morgan fingerprint density at radius 2 is 2.09 bits per heavy atom. The second-order valence-electron chi connectivity index (χ2n) is 3.23. The van der Waals surface area contributed by atoms with Gasteiger partial charge in [-0.3, -0.25) is 0 Å². The molecule has 0 spiro atoms. The summed E-state index contributed by atoms with van der Waals surface area (Å²) in [7, 11) is 0. The summed E-state index contributed by atoms with van der Waals surface area (Å²) in [5.41, 5.74) is 5.65. The van der Waals surface area contributed by atoms with Crippen LogP contribution in [0.3, 0.4) is 0 Å². The summed E-state index contributed by atoms with van der Waals surface area (Å²) in [4.78, 5) is 0. The Hall–Kier alpha value is 0.270.